The highest BCUT2D eigenvalue weighted by atomic mass is 79.9. The SMILES string of the molecule is Nc1ncc(-c2nc3cc(Br)ccc3o2)cn1. The standard InChI is InChI=1S/C11H7BrN4O/c12-7-1-2-9-8(3-7)16-10(17-9)6-4-14-11(13)15-5-6/h1-5H,(H2,13,14,15). The van der Waals surface area contributed by atoms with Gasteiger partial charge in [-0.1, -0.05) is 15.9 Å². The van der Waals surface area contributed by atoms with Crippen LogP contribution in [0.2, 0.25) is 0 Å². The zero-order valence-corrected chi connectivity index (χ0v) is 10.2. The summed E-state index contributed by atoms with van der Waals surface area (Å²) in [7, 11) is 0. The van der Waals surface area contributed by atoms with Crippen LogP contribution in [0.15, 0.2) is 39.5 Å². The fourth-order valence-electron chi connectivity index (χ4n) is 1.47. The predicted molar refractivity (Wildman–Crippen MR) is 67.1 cm³/mol. The van der Waals surface area contributed by atoms with E-state index in [9.17, 15) is 0 Å². The summed E-state index contributed by atoms with van der Waals surface area (Å²) in [5.41, 5.74) is 7.63. The number of anilines is 1. The van der Waals surface area contributed by atoms with Crippen LogP contribution in [0.1, 0.15) is 0 Å². The number of rotatable bonds is 1. The van der Waals surface area contributed by atoms with Gasteiger partial charge < -0.3 is 10.2 Å². The molecule has 2 heterocycles. The summed E-state index contributed by atoms with van der Waals surface area (Å²) in [4.78, 5) is 12.2. The van der Waals surface area contributed by atoms with Gasteiger partial charge in [0.2, 0.25) is 11.8 Å². The third-order valence-corrected chi connectivity index (χ3v) is 2.76. The molecule has 0 unspecified atom stereocenters. The van der Waals surface area contributed by atoms with Crippen molar-refractivity contribution in [2.75, 3.05) is 5.73 Å². The number of hydrogen-bond donors (Lipinski definition) is 1. The van der Waals surface area contributed by atoms with E-state index in [4.69, 9.17) is 10.2 Å². The molecule has 0 saturated carbocycles. The number of halogens is 1. The largest absolute Gasteiger partial charge is 0.436 e. The molecule has 0 amide bonds. The zero-order valence-electron chi connectivity index (χ0n) is 8.59. The normalized spacial score (nSPS) is 10.9. The fraction of sp³-hybridized carbons (Fsp3) is 0. The van der Waals surface area contributed by atoms with Gasteiger partial charge in [0.25, 0.3) is 0 Å². The average molecular weight is 291 g/mol. The molecular formula is C11H7BrN4O. The summed E-state index contributed by atoms with van der Waals surface area (Å²) in [6, 6.07) is 5.64. The number of aromatic nitrogens is 3. The Balaban J connectivity index is 2.14. The van der Waals surface area contributed by atoms with Crippen molar-refractivity contribution in [3.8, 4) is 11.5 Å². The predicted octanol–water partition coefficient (Wildman–Crippen LogP) is 2.63. The third kappa shape index (κ3) is 1.87. The smallest absolute Gasteiger partial charge is 0.230 e. The number of nitrogen functional groups attached to an aromatic ring is 1. The number of oxazole rings is 1. The molecule has 3 rings (SSSR count). The Hall–Kier alpha value is -1.95. The molecule has 0 aliphatic rings. The zero-order chi connectivity index (χ0) is 11.8. The molecule has 0 fully saturated rings. The van der Waals surface area contributed by atoms with Gasteiger partial charge in [0.05, 0.1) is 5.56 Å². The molecule has 0 bridgehead atoms. The number of benzene rings is 1. The molecule has 2 N–H and O–H groups in total. The molecule has 6 heteroatoms. The molecule has 0 radical (unpaired) electrons. The molecule has 5 nitrogen and oxygen atoms in total. The van der Waals surface area contributed by atoms with E-state index < -0.39 is 0 Å². The van der Waals surface area contributed by atoms with Crippen molar-refractivity contribution in [2.45, 2.75) is 0 Å². The van der Waals surface area contributed by atoms with Crippen LogP contribution in [0.3, 0.4) is 0 Å². The minimum absolute atomic E-state index is 0.229. The minimum atomic E-state index is 0.229. The van der Waals surface area contributed by atoms with E-state index in [2.05, 4.69) is 30.9 Å². The summed E-state index contributed by atoms with van der Waals surface area (Å²) in [6.07, 6.45) is 3.17. The third-order valence-electron chi connectivity index (χ3n) is 2.27. The van der Waals surface area contributed by atoms with Crippen LogP contribution < -0.4 is 5.73 Å². The van der Waals surface area contributed by atoms with Gasteiger partial charge in [-0.15, -0.1) is 0 Å². The van der Waals surface area contributed by atoms with E-state index in [1.54, 1.807) is 12.4 Å². The lowest BCUT2D eigenvalue weighted by molar-refractivity contribution is 0.619. The Morgan fingerprint density at radius 2 is 1.94 bits per heavy atom. The van der Waals surface area contributed by atoms with Crippen molar-refractivity contribution in [1.82, 2.24) is 15.0 Å². The maximum atomic E-state index is 5.60. The van der Waals surface area contributed by atoms with Crippen molar-refractivity contribution in [3.63, 3.8) is 0 Å². The van der Waals surface area contributed by atoms with Crippen LogP contribution in [0.25, 0.3) is 22.6 Å². The molecule has 0 aliphatic heterocycles. The second kappa shape index (κ2) is 3.81. The summed E-state index contributed by atoms with van der Waals surface area (Å²) < 4.78 is 6.55. The second-order valence-electron chi connectivity index (χ2n) is 3.46. The lowest BCUT2D eigenvalue weighted by atomic mass is 10.3. The van der Waals surface area contributed by atoms with Crippen molar-refractivity contribution in [1.29, 1.82) is 0 Å². The number of nitrogens with two attached hydrogens (primary N) is 1. The first kappa shape index (κ1) is 10.2. The maximum Gasteiger partial charge on any atom is 0.230 e. The first-order valence-corrected chi connectivity index (χ1v) is 5.66. The highest BCUT2D eigenvalue weighted by Gasteiger charge is 2.09. The van der Waals surface area contributed by atoms with Gasteiger partial charge in [-0.2, -0.15) is 0 Å². The number of hydrogen-bond acceptors (Lipinski definition) is 5. The van der Waals surface area contributed by atoms with Crippen LogP contribution >= 0.6 is 15.9 Å². The summed E-state index contributed by atoms with van der Waals surface area (Å²) in [5, 5.41) is 0. The Kier molecular flexibility index (Phi) is 2.29. The summed E-state index contributed by atoms with van der Waals surface area (Å²) >= 11 is 3.38. The van der Waals surface area contributed by atoms with Crippen LogP contribution in [0, 0.1) is 0 Å². The van der Waals surface area contributed by atoms with E-state index in [1.165, 1.54) is 0 Å². The molecule has 0 atom stereocenters. The van der Waals surface area contributed by atoms with Crippen molar-refractivity contribution in [3.05, 3.63) is 35.1 Å². The molecule has 2 aromatic heterocycles. The van der Waals surface area contributed by atoms with Crippen molar-refractivity contribution >= 4 is 33.0 Å². The van der Waals surface area contributed by atoms with Gasteiger partial charge >= 0.3 is 0 Å². The van der Waals surface area contributed by atoms with E-state index in [1.807, 2.05) is 18.2 Å². The second-order valence-corrected chi connectivity index (χ2v) is 4.38. The van der Waals surface area contributed by atoms with Gasteiger partial charge in [-0.25, -0.2) is 15.0 Å². The van der Waals surface area contributed by atoms with Gasteiger partial charge in [0.15, 0.2) is 5.58 Å². The molecule has 3 aromatic rings. The molecule has 0 aliphatic carbocycles. The molecule has 0 spiro atoms. The highest BCUT2D eigenvalue weighted by molar-refractivity contribution is 9.10. The van der Waals surface area contributed by atoms with Gasteiger partial charge in [-0.05, 0) is 18.2 Å². The monoisotopic (exact) mass is 290 g/mol. The average Bonchev–Trinajstić information content (AvgIpc) is 2.72. The van der Waals surface area contributed by atoms with E-state index in [0.717, 1.165) is 15.6 Å². The molecule has 0 saturated heterocycles. The summed E-state index contributed by atoms with van der Waals surface area (Å²) in [6.45, 7) is 0. The molecular weight excluding hydrogens is 284 g/mol. The van der Waals surface area contributed by atoms with Gasteiger partial charge in [0.1, 0.15) is 5.52 Å². The van der Waals surface area contributed by atoms with Gasteiger partial charge in [0, 0.05) is 16.9 Å². The van der Waals surface area contributed by atoms with E-state index in [0.29, 0.717) is 11.5 Å². The Morgan fingerprint density at radius 3 is 2.71 bits per heavy atom. The summed E-state index contributed by atoms with van der Waals surface area (Å²) in [5.74, 6) is 0.714. The van der Waals surface area contributed by atoms with Crippen LogP contribution in [0.5, 0.6) is 0 Å². The molecule has 84 valence electrons. The van der Waals surface area contributed by atoms with Crippen LogP contribution in [0.4, 0.5) is 5.95 Å². The van der Waals surface area contributed by atoms with E-state index >= 15 is 0 Å². The number of fused-ring (bicyclic) bond motifs is 1. The Morgan fingerprint density at radius 1 is 1.18 bits per heavy atom. The minimum Gasteiger partial charge on any atom is -0.436 e. The Labute approximate surface area is 105 Å². The van der Waals surface area contributed by atoms with Crippen LogP contribution in [-0.4, -0.2) is 15.0 Å². The quantitative estimate of drug-likeness (QED) is 0.745. The first-order chi connectivity index (χ1) is 8.22. The lowest BCUT2D eigenvalue weighted by Crippen LogP contribution is -1.93. The van der Waals surface area contributed by atoms with Crippen molar-refractivity contribution < 1.29 is 4.42 Å². The molecule has 17 heavy (non-hydrogen) atoms. The number of nitrogens with zero attached hydrogens (tertiary/aromatic N) is 3. The Bertz CT molecular complexity index is 678. The van der Waals surface area contributed by atoms with E-state index in [-0.39, 0.29) is 5.95 Å². The maximum absolute atomic E-state index is 5.60. The first-order valence-electron chi connectivity index (χ1n) is 4.86. The topological polar surface area (TPSA) is 77.8 Å². The van der Waals surface area contributed by atoms with Gasteiger partial charge in [-0.3, -0.25) is 0 Å². The van der Waals surface area contributed by atoms with Crippen LogP contribution in [-0.2, 0) is 0 Å². The van der Waals surface area contributed by atoms with Crippen molar-refractivity contribution in [2.24, 2.45) is 0 Å². The highest BCUT2D eigenvalue weighted by Crippen LogP contribution is 2.25. The lowest BCUT2D eigenvalue weighted by Gasteiger charge is -1.93. The molecule has 1 aromatic carbocycles. The fourth-order valence-corrected chi connectivity index (χ4v) is 1.82.